The summed E-state index contributed by atoms with van der Waals surface area (Å²) in [6, 6.07) is 7.76. The average Bonchev–Trinajstić information content (AvgIpc) is 2.33. The van der Waals surface area contributed by atoms with Crippen molar-refractivity contribution in [1.82, 2.24) is 5.32 Å². The lowest BCUT2D eigenvalue weighted by molar-refractivity contribution is -0.0102. The SMILES string of the molecule is CC(O)(Cc1ccccc1Cl)C1CCCNC1. The van der Waals surface area contributed by atoms with Crippen LogP contribution in [0.15, 0.2) is 24.3 Å². The summed E-state index contributed by atoms with van der Waals surface area (Å²) in [5, 5.41) is 14.7. The van der Waals surface area contributed by atoms with E-state index in [1.54, 1.807) is 0 Å². The third-order valence-corrected chi connectivity index (χ3v) is 4.05. The van der Waals surface area contributed by atoms with Crippen LogP contribution in [0.5, 0.6) is 0 Å². The number of hydrogen-bond donors (Lipinski definition) is 2. The van der Waals surface area contributed by atoms with E-state index in [0.29, 0.717) is 12.3 Å². The molecule has 1 heterocycles. The average molecular weight is 254 g/mol. The highest BCUT2D eigenvalue weighted by molar-refractivity contribution is 6.31. The molecule has 17 heavy (non-hydrogen) atoms. The fraction of sp³-hybridized carbons (Fsp3) is 0.571. The van der Waals surface area contributed by atoms with Gasteiger partial charge in [-0.1, -0.05) is 29.8 Å². The van der Waals surface area contributed by atoms with Gasteiger partial charge >= 0.3 is 0 Å². The minimum absolute atomic E-state index is 0.313. The standard InChI is InChI=1S/C14H20ClNO/c1-14(17,12-6-4-8-16-10-12)9-11-5-2-3-7-13(11)15/h2-3,5,7,12,16-17H,4,6,8-10H2,1H3. The van der Waals surface area contributed by atoms with E-state index in [4.69, 9.17) is 11.6 Å². The molecule has 1 fully saturated rings. The van der Waals surface area contributed by atoms with E-state index in [2.05, 4.69) is 5.32 Å². The largest absolute Gasteiger partial charge is 0.389 e. The van der Waals surface area contributed by atoms with Gasteiger partial charge in [-0.15, -0.1) is 0 Å². The Morgan fingerprint density at radius 1 is 1.47 bits per heavy atom. The van der Waals surface area contributed by atoms with Crippen LogP contribution in [-0.2, 0) is 6.42 Å². The van der Waals surface area contributed by atoms with Crippen LogP contribution in [0.1, 0.15) is 25.3 Å². The van der Waals surface area contributed by atoms with Crippen molar-refractivity contribution in [2.45, 2.75) is 31.8 Å². The molecule has 0 aliphatic carbocycles. The lowest BCUT2D eigenvalue weighted by Crippen LogP contribution is -2.45. The summed E-state index contributed by atoms with van der Waals surface area (Å²) in [7, 11) is 0. The molecule has 0 radical (unpaired) electrons. The third kappa shape index (κ3) is 3.21. The molecular formula is C14H20ClNO. The molecular weight excluding hydrogens is 234 g/mol. The lowest BCUT2D eigenvalue weighted by atomic mass is 9.79. The minimum atomic E-state index is -0.682. The Hall–Kier alpha value is -0.570. The second kappa shape index (κ2) is 5.38. The maximum Gasteiger partial charge on any atom is 0.0700 e. The first-order valence-corrected chi connectivity index (χ1v) is 6.64. The molecule has 3 heteroatoms. The number of benzene rings is 1. The van der Waals surface area contributed by atoms with Crippen LogP contribution in [0, 0.1) is 5.92 Å². The van der Waals surface area contributed by atoms with E-state index in [9.17, 15) is 5.11 Å². The van der Waals surface area contributed by atoms with Crippen LogP contribution < -0.4 is 5.32 Å². The van der Waals surface area contributed by atoms with Crippen LogP contribution in [0.25, 0.3) is 0 Å². The van der Waals surface area contributed by atoms with Gasteiger partial charge in [-0.05, 0) is 37.9 Å². The normalized spacial score (nSPS) is 24.3. The fourth-order valence-electron chi connectivity index (χ4n) is 2.55. The number of aliphatic hydroxyl groups is 1. The molecule has 2 unspecified atom stereocenters. The van der Waals surface area contributed by atoms with Gasteiger partial charge in [0.15, 0.2) is 0 Å². The summed E-state index contributed by atoms with van der Waals surface area (Å²) in [5.74, 6) is 0.313. The van der Waals surface area contributed by atoms with Gasteiger partial charge in [0.25, 0.3) is 0 Å². The highest BCUT2D eigenvalue weighted by atomic mass is 35.5. The molecule has 94 valence electrons. The van der Waals surface area contributed by atoms with Gasteiger partial charge in [0, 0.05) is 23.9 Å². The lowest BCUT2D eigenvalue weighted by Gasteiger charge is -2.36. The smallest absolute Gasteiger partial charge is 0.0700 e. The van der Waals surface area contributed by atoms with E-state index in [1.165, 1.54) is 0 Å². The Bertz CT molecular complexity index is 372. The van der Waals surface area contributed by atoms with Crippen LogP contribution in [0.4, 0.5) is 0 Å². The van der Waals surface area contributed by atoms with Crippen LogP contribution in [0.2, 0.25) is 5.02 Å². The van der Waals surface area contributed by atoms with E-state index in [-0.39, 0.29) is 0 Å². The number of nitrogens with one attached hydrogen (secondary N) is 1. The maximum atomic E-state index is 10.6. The summed E-state index contributed by atoms with van der Waals surface area (Å²) in [5.41, 5.74) is 0.350. The van der Waals surface area contributed by atoms with Crippen molar-refractivity contribution in [3.8, 4) is 0 Å². The summed E-state index contributed by atoms with van der Waals surface area (Å²) in [6.07, 6.45) is 2.85. The van der Waals surface area contributed by atoms with Gasteiger partial charge in [-0.2, -0.15) is 0 Å². The molecule has 1 aromatic carbocycles. The number of rotatable bonds is 3. The Balaban J connectivity index is 2.08. The number of hydrogen-bond acceptors (Lipinski definition) is 2. The predicted molar refractivity (Wildman–Crippen MR) is 71.4 cm³/mol. The molecule has 2 atom stereocenters. The van der Waals surface area contributed by atoms with Crippen molar-refractivity contribution in [3.63, 3.8) is 0 Å². The zero-order valence-electron chi connectivity index (χ0n) is 10.2. The van der Waals surface area contributed by atoms with E-state index in [1.807, 2.05) is 31.2 Å². The van der Waals surface area contributed by atoms with Crippen molar-refractivity contribution < 1.29 is 5.11 Å². The second-order valence-corrected chi connectivity index (χ2v) is 5.58. The van der Waals surface area contributed by atoms with E-state index in [0.717, 1.165) is 36.5 Å². The highest BCUT2D eigenvalue weighted by Crippen LogP contribution is 2.29. The van der Waals surface area contributed by atoms with Crippen LogP contribution in [0.3, 0.4) is 0 Å². The minimum Gasteiger partial charge on any atom is -0.389 e. The first-order chi connectivity index (χ1) is 8.09. The van der Waals surface area contributed by atoms with Gasteiger partial charge in [-0.25, -0.2) is 0 Å². The molecule has 2 N–H and O–H groups in total. The molecule has 0 bridgehead atoms. The van der Waals surface area contributed by atoms with E-state index < -0.39 is 5.60 Å². The first kappa shape index (κ1) is 12.9. The van der Waals surface area contributed by atoms with Gasteiger partial charge in [0.1, 0.15) is 0 Å². The number of piperidine rings is 1. The summed E-state index contributed by atoms with van der Waals surface area (Å²) in [6.45, 7) is 3.89. The van der Waals surface area contributed by atoms with Crippen LogP contribution in [-0.4, -0.2) is 23.8 Å². The predicted octanol–water partition coefficient (Wildman–Crippen LogP) is 2.63. The quantitative estimate of drug-likeness (QED) is 0.868. The van der Waals surface area contributed by atoms with Gasteiger partial charge < -0.3 is 10.4 Å². The molecule has 0 amide bonds. The Kier molecular flexibility index (Phi) is 4.08. The molecule has 1 aliphatic heterocycles. The molecule has 1 aliphatic rings. The zero-order valence-corrected chi connectivity index (χ0v) is 11.0. The molecule has 1 saturated heterocycles. The first-order valence-electron chi connectivity index (χ1n) is 6.26. The maximum absolute atomic E-state index is 10.6. The fourth-order valence-corrected chi connectivity index (χ4v) is 2.76. The van der Waals surface area contributed by atoms with Crippen molar-refractivity contribution in [3.05, 3.63) is 34.9 Å². The van der Waals surface area contributed by atoms with Gasteiger partial charge in [0.2, 0.25) is 0 Å². The number of halogens is 1. The molecule has 0 aromatic heterocycles. The van der Waals surface area contributed by atoms with Gasteiger partial charge in [-0.3, -0.25) is 0 Å². The Labute approximate surface area is 108 Å². The molecule has 2 nitrogen and oxygen atoms in total. The second-order valence-electron chi connectivity index (χ2n) is 5.17. The van der Waals surface area contributed by atoms with E-state index >= 15 is 0 Å². The molecule has 2 rings (SSSR count). The topological polar surface area (TPSA) is 32.3 Å². The molecule has 0 spiro atoms. The summed E-state index contributed by atoms with van der Waals surface area (Å²) >= 11 is 6.14. The van der Waals surface area contributed by atoms with Crippen molar-refractivity contribution >= 4 is 11.6 Å². The monoisotopic (exact) mass is 253 g/mol. The summed E-state index contributed by atoms with van der Waals surface area (Å²) in [4.78, 5) is 0. The van der Waals surface area contributed by atoms with Crippen molar-refractivity contribution in [2.24, 2.45) is 5.92 Å². The highest BCUT2D eigenvalue weighted by Gasteiger charge is 2.33. The van der Waals surface area contributed by atoms with Crippen molar-refractivity contribution in [1.29, 1.82) is 0 Å². The molecule has 0 saturated carbocycles. The third-order valence-electron chi connectivity index (χ3n) is 3.68. The Morgan fingerprint density at radius 2 is 2.24 bits per heavy atom. The zero-order chi connectivity index (χ0) is 12.3. The Morgan fingerprint density at radius 3 is 2.88 bits per heavy atom. The van der Waals surface area contributed by atoms with Crippen LogP contribution >= 0.6 is 11.6 Å². The summed E-state index contributed by atoms with van der Waals surface area (Å²) < 4.78 is 0. The van der Waals surface area contributed by atoms with Crippen molar-refractivity contribution in [2.75, 3.05) is 13.1 Å². The molecule has 1 aromatic rings. The van der Waals surface area contributed by atoms with Gasteiger partial charge in [0.05, 0.1) is 5.60 Å².